The molecule has 0 fully saturated rings. The molecule has 0 saturated heterocycles. The van der Waals surface area contributed by atoms with Gasteiger partial charge in [0.1, 0.15) is 0 Å². The van der Waals surface area contributed by atoms with E-state index in [1.807, 2.05) is 38.2 Å². The minimum atomic E-state index is -0.812. The van der Waals surface area contributed by atoms with Crippen LogP contribution in [0.1, 0.15) is 25.3 Å². The summed E-state index contributed by atoms with van der Waals surface area (Å²) in [5.74, 6) is -0.685. The lowest BCUT2D eigenvalue weighted by atomic mass is 10.1. The first-order valence-corrected chi connectivity index (χ1v) is 7.01. The predicted octanol–water partition coefficient (Wildman–Crippen LogP) is 2.03. The van der Waals surface area contributed by atoms with Crippen molar-refractivity contribution in [1.82, 2.24) is 10.6 Å². The van der Waals surface area contributed by atoms with Crippen LogP contribution < -0.4 is 16.0 Å². The molecule has 1 rings (SSSR count). The Morgan fingerprint density at radius 1 is 1.33 bits per heavy atom. The molecule has 1 atom stereocenters. The topological polar surface area (TPSA) is 90.5 Å². The van der Waals surface area contributed by atoms with Gasteiger partial charge >= 0.3 is 12.0 Å². The zero-order chi connectivity index (χ0) is 15.7. The number of urea groups is 1. The van der Waals surface area contributed by atoms with Gasteiger partial charge in [-0.15, -0.1) is 0 Å². The second-order valence-electron chi connectivity index (χ2n) is 5.10. The minimum absolute atomic E-state index is 0.122. The van der Waals surface area contributed by atoms with Crippen LogP contribution >= 0.6 is 0 Å². The van der Waals surface area contributed by atoms with Crippen LogP contribution in [-0.2, 0) is 11.3 Å². The van der Waals surface area contributed by atoms with Crippen molar-refractivity contribution in [3.63, 3.8) is 0 Å². The van der Waals surface area contributed by atoms with Gasteiger partial charge in [0.05, 0.1) is 0 Å². The van der Waals surface area contributed by atoms with Crippen LogP contribution in [0.4, 0.5) is 10.5 Å². The normalized spacial score (nSPS) is 11.7. The highest BCUT2D eigenvalue weighted by atomic mass is 16.4. The molecular formula is C15H23N3O3. The molecule has 6 nitrogen and oxygen atoms in total. The molecule has 0 aliphatic heterocycles. The molecule has 21 heavy (non-hydrogen) atoms. The molecule has 1 aromatic carbocycles. The summed E-state index contributed by atoms with van der Waals surface area (Å²) in [4.78, 5) is 22.2. The van der Waals surface area contributed by atoms with E-state index in [4.69, 9.17) is 5.11 Å². The summed E-state index contributed by atoms with van der Waals surface area (Å²) < 4.78 is 0. The summed E-state index contributed by atoms with van der Waals surface area (Å²) >= 11 is 0. The van der Waals surface area contributed by atoms with E-state index in [0.29, 0.717) is 13.0 Å². The van der Waals surface area contributed by atoms with Crippen molar-refractivity contribution in [2.75, 3.05) is 18.9 Å². The zero-order valence-electron chi connectivity index (χ0n) is 12.5. The van der Waals surface area contributed by atoms with Gasteiger partial charge in [0.25, 0.3) is 0 Å². The van der Waals surface area contributed by atoms with Gasteiger partial charge in [-0.25, -0.2) is 4.79 Å². The maximum absolute atomic E-state index is 11.8. The maximum atomic E-state index is 11.8. The van der Waals surface area contributed by atoms with Gasteiger partial charge in [-0.2, -0.15) is 0 Å². The molecule has 2 amide bonds. The molecule has 0 aliphatic rings. The van der Waals surface area contributed by atoms with E-state index in [0.717, 1.165) is 17.8 Å². The standard InChI is InChI=1S/C15H23N3O3/c1-11(6-7-14(19)20)9-17-15(21)18-13-5-3-4-12(8-13)10-16-2/h3-5,8,11,16H,6-7,9-10H2,1-2H3,(H,19,20)(H2,17,18,21). The van der Waals surface area contributed by atoms with E-state index < -0.39 is 5.97 Å². The van der Waals surface area contributed by atoms with Crippen molar-refractivity contribution in [3.8, 4) is 0 Å². The molecule has 0 spiro atoms. The molecular weight excluding hydrogens is 270 g/mol. The Hall–Kier alpha value is -2.08. The number of aliphatic carboxylic acids is 1. The molecule has 116 valence electrons. The summed E-state index contributed by atoms with van der Waals surface area (Å²) in [6, 6.07) is 7.32. The van der Waals surface area contributed by atoms with Crippen LogP contribution in [0.3, 0.4) is 0 Å². The molecule has 4 N–H and O–H groups in total. The first-order chi connectivity index (χ1) is 10.0. The van der Waals surface area contributed by atoms with Crippen molar-refractivity contribution in [1.29, 1.82) is 0 Å². The van der Waals surface area contributed by atoms with Gasteiger partial charge in [-0.3, -0.25) is 4.79 Å². The van der Waals surface area contributed by atoms with Crippen LogP contribution in [0.15, 0.2) is 24.3 Å². The molecule has 0 bridgehead atoms. The molecule has 0 radical (unpaired) electrons. The smallest absolute Gasteiger partial charge is 0.319 e. The molecule has 1 unspecified atom stereocenters. The van der Waals surface area contributed by atoms with Gasteiger partial charge in [0.2, 0.25) is 0 Å². The van der Waals surface area contributed by atoms with Crippen LogP contribution in [0.5, 0.6) is 0 Å². The van der Waals surface area contributed by atoms with E-state index in [9.17, 15) is 9.59 Å². The lowest BCUT2D eigenvalue weighted by molar-refractivity contribution is -0.137. The molecule has 0 heterocycles. The van der Waals surface area contributed by atoms with Crippen molar-refractivity contribution in [2.24, 2.45) is 5.92 Å². The third-order valence-electron chi connectivity index (χ3n) is 3.03. The van der Waals surface area contributed by atoms with Crippen molar-refractivity contribution >= 4 is 17.7 Å². The average Bonchev–Trinajstić information content (AvgIpc) is 2.43. The van der Waals surface area contributed by atoms with Crippen molar-refractivity contribution in [2.45, 2.75) is 26.3 Å². The number of hydrogen-bond acceptors (Lipinski definition) is 3. The van der Waals surface area contributed by atoms with E-state index in [-0.39, 0.29) is 18.4 Å². The highest BCUT2D eigenvalue weighted by Gasteiger charge is 2.08. The van der Waals surface area contributed by atoms with E-state index in [1.165, 1.54) is 0 Å². The Kier molecular flexibility index (Phi) is 7.25. The third kappa shape index (κ3) is 7.31. The van der Waals surface area contributed by atoms with Crippen LogP contribution in [0.2, 0.25) is 0 Å². The number of carbonyl (C=O) groups excluding carboxylic acids is 1. The Morgan fingerprint density at radius 3 is 2.76 bits per heavy atom. The van der Waals surface area contributed by atoms with Gasteiger partial charge in [0.15, 0.2) is 0 Å². The number of carbonyl (C=O) groups is 2. The fourth-order valence-electron chi connectivity index (χ4n) is 1.88. The van der Waals surface area contributed by atoms with Gasteiger partial charge in [-0.05, 0) is 37.1 Å². The fraction of sp³-hybridized carbons (Fsp3) is 0.467. The van der Waals surface area contributed by atoms with Crippen molar-refractivity contribution < 1.29 is 14.7 Å². The minimum Gasteiger partial charge on any atom is -0.481 e. The van der Waals surface area contributed by atoms with Crippen LogP contribution in [0.25, 0.3) is 0 Å². The lowest BCUT2D eigenvalue weighted by Crippen LogP contribution is -2.32. The highest BCUT2D eigenvalue weighted by molar-refractivity contribution is 5.89. The summed E-state index contributed by atoms with van der Waals surface area (Å²) in [5.41, 5.74) is 1.82. The summed E-state index contributed by atoms with van der Waals surface area (Å²) in [7, 11) is 1.87. The molecule has 0 saturated carbocycles. The Balaban J connectivity index is 2.36. The number of amides is 2. The number of hydrogen-bond donors (Lipinski definition) is 4. The monoisotopic (exact) mass is 293 g/mol. The quantitative estimate of drug-likeness (QED) is 0.590. The molecule has 0 aromatic heterocycles. The number of rotatable bonds is 8. The first kappa shape index (κ1) is 17.0. The second kappa shape index (κ2) is 8.97. The van der Waals surface area contributed by atoms with Crippen molar-refractivity contribution in [3.05, 3.63) is 29.8 Å². The lowest BCUT2D eigenvalue weighted by Gasteiger charge is -2.13. The van der Waals surface area contributed by atoms with E-state index >= 15 is 0 Å². The Morgan fingerprint density at radius 2 is 2.10 bits per heavy atom. The number of carboxylic acid groups (broad SMARTS) is 1. The SMILES string of the molecule is CNCc1cccc(NC(=O)NCC(C)CCC(=O)O)c1. The Labute approximate surface area is 124 Å². The third-order valence-corrected chi connectivity index (χ3v) is 3.03. The fourth-order valence-corrected chi connectivity index (χ4v) is 1.88. The molecule has 1 aromatic rings. The van der Waals surface area contributed by atoms with E-state index in [2.05, 4.69) is 16.0 Å². The summed E-state index contributed by atoms with van der Waals surface area (Å²) in [6.07, 6.45) is 0.670. The summed E-state index contributed by atoms with van der Waals surface area (Å²) in [6.45, 7) is 3.11. The molecule has 6 heteroatoms. The maximum Gasteiger partial charge on any atom is 0.319 e. The largest absolute Gasteiger partial charge is 0.481 e. The van der Waals surface area contributed by atoms with Gasteiger partial charge in [-0.1, -0.05) is 19.1 Å². The Bertz CT molecular complexity index is 477. The van der Waals surface area contributed by atoms with Gasteiger partial charge < -0.3 is 21.1 Å². The van der Waals surface area contributed by atoms with E-state index in [1.54, 1.807) is 0 Å². The summed E-state index contributed by atoms with van der Waals surface area (Å²) in [5, 5.41) is 17.2. The van der Waals surface area contributed by atoms with Gasteiger partial charge in [0, 0.05) is 25.2 Å². The van der Waals surface area contributed by atoms with Crippen LogP contribution in [-0.4, -0.2) is 30.7 Å². The van der Waals surface area contributed by atoms with Crippen LogP contribution in [0, 0.1) is 5.92 Å². The highest BCUT2D eigenvalue weighted by Crippen LogP contribution is 2.10. The number of anilines is 1. The number of carboxylic acids is 1. The second-order valence-corrected chi connectivity index (χ2v) is 5.10. The molecule has 0 aliphatic carbocycles. The number of benzene rings is 1. The first-order valence-electron chi connectivity index (χ1n) is 7.01. The number of nitrogens with one attached hydrogen (secondary N) is 3. The predicted molar refractivity (Wildman–Crippen MR) is 82.3 cm³/mol. The average molecular weight is 293 g/mol. The zero-order valence-corrected chi connectivity index (χ0v) is 12.5.